The highest BCUT2D eigenvalue weighted by atomic mass is 35.5. The molecule has 0 bridgehead atoms. The summed E-state index contributed by atoms with van der Waals surface area (Å²) in [6.45, 7) is 2.68. The molecule has 1 aliphatic rings. The molecule has 2 rings (SSSR count). The summed E-state index contributed by atoms with van der Waals surface area (Å²) in [7, 11) is 0. The molecule has 5 nitrogen and oxygen atoms in total. The number of amides is 1. The molecule has 6 heteroatoms. The number of hydrogen-bond donors (Lipinski definition) is 2. The first-order chi connectivity index (χ1) is 10.1. The van der Waals surface area contributed by atoms with Gasteiger partial charge in [0.2, 0.25) is 5.91 Å². The average molecular weight is 307 g/mol. The molecular weight excluding hydrogens is 288 g/mol. The van der Waals surface area contributed by atoms with Crippen LogP contribution in [0.15, 0.2) is 18.2 Å². The minimum Gasteiger partial charge on any atom is -0.369 e. The van der Waals surface area contributed by atoms with Gasteiger partial charge in [-0.05, 0) is 43.6 Å². The largest absolute Gasteiger partial charge is 0.369 e. The Kier molecular flexibility index (Phi) is 5.57. The van der Waals surface area contributed by atoms with Gasteiger partial charge in [-0.3, -0.25) is 9.69 Å². The standard InChI is InChI=1S/C15H19ClN4O/c16-14-7-11(8-17)1-2-12(14)9-20(10-15(18)21)13-3-5-19-6-4-13/h1-2,7,13,19H,3-6,9-10H2,(H2,18,21). The van der Waals surface area contributed by atoms with Crippen LogP contribution in [0.2, 0.25) is 5.02 Å². The van der Waals surface area contributed by atoms with E-state index < -0.39 is 0 Å². The van der Waals surface area contributed by atoms with Gasteiger partial charge in [-0.2, -0.15) is 5.26 Å². The Labute approximate surface area is 129 Å². The Bertz CT molecular complexity index is 549. The van der Waals surface area contributed by atoms with Crippen molar-refractivity contribution in [3.63, 3.8) is 0 Å². The zero-order valence-corrected chi connectivity index (χ0v) is 12.6. The van der Waals surface area contributed by atoms with Crippen LogP contribution >= 0.6 is 11.6 Å². The lowest BCUT2D eigenvalue weighted by atomic mass is 10.0. The smallest absolute Gasteiger partial charge is 0.231 e. The molecule has 1 aromatic rings. The van der Waals surface area contributed by atoms with Gasteiger partial charge in [-0.15, -0.1) is 0 Å². The predicted molar refractivity (Wildman–Crippen MR) is 81.7 cm³/mol. The number of benzene rings is 1. The fourth-order valence-electron chi connectivity index (χ4n) is 2.65. The Morgan fingerprint density at radius 2 is 2.19 bits per heavy atom. The van der Waals surface area contributed by atoms with E-state index in [9.17, 15) is 4.79 Å². The summed E-state index contributed by atoms with van der Waals surface area (Å²) in [5.41, 5.74) is 6.81. The molecule has 1 fully saturated rings. The third-order valence-electron chi connectivity index (χ3n) is 3.74. The number of primary amides is 1. The molecule has 112 valence electrons. The van der Waals surface area contributed by atoms with Gasteiger partial charge in [0.1, 0.15) is 0 Å². The van der Waals surface area contributed by atoms with Crippen LogP contribution in [0.5, 0.6) is 0 Å². The number of rotatable bonds is 5. The normalized spacial score (nSPS) is 15.9. The molecule has 1 aliphatic heterocycles. The average Bonchev–Trinajstić information content (AvgIpc) is 2.49. The number of halogens is 1. The van der Waals surface area contributed by atoms with E-state index in [2.05, 4.69) is 16.3 Å². The van der Waals surface area contributed by atoms with E-state index in [-0.39, 0.29) is 12.5 Å². The molecule has 3 N–H and O–H groups in total. The van der Waals surface area contributed by atoms with E-state index in [1.807, 2.05) is 6.07 Å². The molecule has 0 spiro atoms. The molecule has 0 aromatic heterocycles. The van der Waals surface area contributed by atoms with Crippen molar-refractivity contribution in [1.29, 1.82) is 5.26 Å². The van der Waals surface area contributed by atoms with Gasteiger partial charge in [0, 0.05) is 17.6 Å². The maximum absolute atomic E-state index is 11.3. The Hall–Kier alpha value is -1.61. The summed E-state index contributed by atoms with van der Waals surface area (Å²) in [5, 5.41) is 12.7. The van der Waals surface area contributed by atoms with Crippen molar-refractivity contribution in [2.24, 2.45) is 5.73 Å². The van der Waals surface area contributed by atoms with E-state index in [0.717, 1.165) is 31.5 Å². The van der Waals surface area contributed by atoms with Crippen molar-refractivity contribution >= 4 is 17.5 Å². The third kappa shape index (κ3) is 4.43. The Balaban J connectivity index is 2.14. The fourth-order valence-corrected chi connectivity index (χ4v) is 2.89. The van der Waals surface area contributed by atoms with Crippen LogP contribution in [0.1, 0.15) is 24.0 Å². The van der Waals surface area contributed by atoms with E-state index in [0.29, 0.717) is 23.2 Å². The lowest BCUT2D eigenvalue weighted by Gasteiger charge is -2.34. The second-order valence-corrected chi connectivity index (χ2v) is 5.68. The number of piperidine rings is 1. The molecule has 21 heavy (non-hydrogen) atoms. The zero-order chi connectivity index (χ0) is 15.2. The Morgan fingerprint density at radius 3 is 2.76 bits per heavy atom. The van der Waals surface area contributed by atoms with Crippen LogP contribution in [0.25, 0.3) is 0 Å². The van der Waals surface area contributed by atoms with E-state index in [4.69, 9.17) is 22.6 Å². The van der Waals surface area contributed by atoms with Crippen molar-refractivity contribution in [2.45, 2.75) is 25.4 Å². The molecule has 0 unspecified atom stereocenters. The number of hydrogen-bond acceptors (Lipinski definition) is 4. The zero-order valence-electron chi connectivity index (χ0n) is 11.8. The summed E-state index contributed by atoms with van der Waals surface area (Å²) in [6.07, 6.45) is 1.97. The van der Waals surface area contributed by atoms with Crippen molar-refractivity contribution in [1.82, 2.24) is 10.2 Å². The first kappa shape index (κ1) is 15.8. The summed E-state index contributed by atoms with van der Waals surface area (Å²) in [6, 6.07) is 7.63. The number of carbonyl (C=O) groups excluding carboxylic acids is 1. The maximum atomic E-state index is 11.3. The fraction of sp³-hybridized carbons (Fsp3) is 0.467. The molecule has 0 atom stereocenters. The summed E-state index contributed by atoms with van der Waals surface area (Å²) >= 11 is 6.22. The highest BCUT2D eigenvalue weighted by Crippen LogP contribution is 2.22. The lowest BCUT2D eigenvalue weighted by Crippen LogP contribution is -2.46. The quantitative estimate of drug-likeness (QED) is 0.858. The van der Waals surface area contributed by atoms with Gasteiger partial charge in [-0.1, -0.05) is 17.7 Å². The summed E-state index contributed by atoms with van der Waals surface area (Å²) in [5.74, 6) is -0.335. The predicted octanol–water partition coefficient (Wildman–Crippen LogP) is 1.25. The third-order valence-corrected chi connectivity index (χ3v) is 4.09. The second kappa shape index (κ2) is 7.41. The van der Waals surface area contributed by atoms with Crippen LogP contribution < -0.4 is 11.1 Å². The summed E-state index contributed by atoms with van der Waals surface area (Å²) < 4.78 is 0. The van der Waals surface area contributed by atoms with Crippen LogP contribution in [0.4, 0.5) is 0 Å². The number of nitrogens with one attached hydrogen (secondary N) is 1. The molecule has 1 saturated heterocycles. The van der Waals surface area contributed by atoms with Crippen LogP contribution in [-0.2, 0) is 11.3 Å². The summed E-state index contributed by atoms with van der Waals surface area (Å²) in [4.78, 5) is 13.4. The van der Waals surface area contributed by atoms with Gasteiger partial charge in [0.25, 0.3) is 0 Å². The number of nitriles is 1. The topological polar surface area (TPSA) is 82.2 Å². The van der Waals surface area contributed by atoms with Crippen LogP contribution in [-0.4, -0.2) is 36.5 Å². The van der Waals surface area contributed by atoms with Gasteiger partial charge in [0.15, 0.2) is 0 Å². The minimum absolute atomic E-state index is 0.223. The van der Waals surface area contributed by atoms with Gasteiger partial charge in [0.05, 0.1) is 18.2 Å². The van der Waals surface area contributed by atoms with E-state index >= 15 is 0 Å². The van der Waals surface area contributed by atoms with Crippen molar-refractivity contribution in [3.8, 4) is 6.07 Å². The SMILES string of the molecule is N#Cc1ccc(CN(CC(N)=O)C2CCNCC2)c(Cl)c1. The van der Waals surface area contributed by atoms with E-state index in [1.54, 1.807) is 12.1 Å². The molecule has 0 saturated carbocycles. The Morgan fingerprint density at radius 1 is 1.48 bits per heavy atom. The monoisotopic (exact) mass is 306 g/mol. The van der Waals surface area contributed by atoms with E-state index in [1.165, 1.54) is 0 Å². The highest BCUT2D eigenvalue weighted by Gasteiger charge is 2.23. The van der Waals surface area contributed by atoms with Gasteiger partial charge in [-0.25, -0.2) is 0 Å². The van der Waals surface area contributed by atoms with Gasteiger partial charge < -0.3 is 11.1 Å². The number of nitrogens with zero attached hydrogens (tertiary/aromatic N) is 2. The number of carbonyl (C=O) groups is 1. The molecule has 0 aliphatic carbocycles. The van der Waals surface area contributed by atoms with Crippen molar-refractivity contribution < 1.29 is 4.79 Å². The highest BCUT2D eigenvalue weighted by molar-refractivity contribution is 6.31. The maximum Gasteiger partial charge on any atom is 0.231 e. The minimum atomic E-state index is -0.335. The van der Waals surface area contributed by atoms with Gasteiger partial charge >= 0.3 is 0 Å². The second-order valence-electron chi connectivity index (χ2n) is 5.27. The van der Waals surface area contributed by atoms with Crippen LogP contribution in [0, 0.1) is 11.3 Å². The number of nitrogens with two attached hydrogens (primary N) is 1. The molecule has 0 radical (unpaired) electrons. The van der Waals surface area contributed by atoms with Crippen LogP contribution in [0.3, 0.4) is 0 Å². The lowest BCUT2D eigenvalue weighted by molar-refractivity contribution is -0.120. The van der Waals surface area contributed by atoms with Crippen molar-refractivity contribution in [2.75, 3.05) is 19.6 Å². The molecule has 1 heterocycles. The van der Waals surface area contributed by atoms with Crippen molar-refractivity contribution in [3.05, 3.63) is 34.3 Å². The first-order valence-electron chi connectivity index (χ1n) is 7.01. The molecule has 1 aromatic carbocycles. The molecule has 1 amide bonds. The molecular formula is C15H19ClN4O. The first-order valence-corrected chi connectivity index (χ1v) is 7.39.